The van der Waals surface area contributed by atoms with Crippen LogP contribution in [0, 0.1) is 17.8 Å². The highest BCUT2D eigenvalue weighted by molar-refractivity contribution is 5.91. The first-order chi connectivity index (χ1) is 13.8. The number of hydrogen-bond donors (Lipinski definition) is 1. The second-order valence-corrected chi connectivity index (χ2v) is 8.75. The molecule has 0 fully saturated rings. The predicted octanol–water partition coefficient (Wildman–Crippen LogP) is 5.04. The fraction of sp³-hybridized carbons (Fsp3) is 0.783. The van der Waals surface area contributed by atoms with E-state index < -0.39 is 0 Å². The first-order valence-corrected chi connectivity index (χ1v) is 11.3. The molecule has 0 aliphatic heterocycles. The number of hydrogen-bond acceptors (Lipinski definition) is 4. The van der Waals surface area contributed by atoms with Crippen LogP contribution in [0.1, 0.15) is 96.4 Å². The minimum Gasteiger partial charge on any atom is -0.446 e. The third-order valence-electron chi connectivity index (χ3n) is 5.15. The largest absolute Gasteiger partial charge is 0.446 e. The lowest BCUT2D eigenvalue weighted by Gasteiger charge is -2.26. The number of rotatable bonds is 14. The van der Waals surface area contributed by atoms with Crippen LogP contribution in [0.15, 0.2) is 10.7 Å². The number of unbranched alkanes of at least 4 members (excludes halogenated alkanes) is 1. The summed E-state index contributed by atoms with van der Waals surface area (Å²) >= 11 is 0. The van der Waals surface area contributed by atoms with Crippen molar-refractivity contribution in [3.8, 4) is 0 Å². The topological polar surface area (TPSA) is 75.4 Å². The second-order valence-electron chi connectivity index (χ2n) is 8.75. The number of amides is 2. The molecule has 0 aliphatic carbocycles. The summed E-state index contributed by atoms with van der Waals surface area (Å²) in [5.74, 6) is 1.44. The number of nitrogens with one attached hydrogen (secondary N) is 1. The van der Waals surface area contributed by atoms with Gasteiger partial charge in [0, 0.05) is 19.0 Å². The smallest absolute Gasteiger partial charge is 0.273 e. The Balaban J connectivity index is 2.79. The van der Waals surface area contributed by atoms with Crippen molar-refractivity contribution in [1.82, 2.24) is 15.2 Å². The summed E-state index contributed by atoms with van der Waals surface area (Å²) in [7, 11) is 0. The Morgan fingerprint density at radius 2 is 1.79 bits per heavy atom. The first kappa shape index (κ1) is 25.2. The molecule has 1 aromatic heterocycles. The molecule has 0 saturated heterocycles. The molecule has 0 bridgehead atoms. The Labute approximate surface area is 176 Å². The molecule has 1 atom stereocenters. The average molecular weight is 408 g/mol. The molecule has 2 amide bonds. The fourth-order valence-electron chi connectivity index (χ4n) is 3.11. The maximum atomic E-state index is 13.1. The third kappa shape index (κ3) is 9.46. The molecule has 1 heterocycles. The Bertz CT molecular complexity index is 610. The van der Waals surface area contributed by atoms with E-state index in [1.165, 1.54) is 6.26 Å². The van der Waals surface area contributed by atoms with E-state index in [9.17, 15) is 9.59 Å². The third-order valence-corrected chi connectivity index (χ3v) is 5.15. The van der Waals surface area contributed by atoms with E-state index in [0.29, 0.717) is 37.4 Å². The summed E-state index contributed by atoms with van der Waals surface area (Å²) in [6.45, 7) is 14.4. The maximum Gasteiger partial charge on any atom is 0.273 e. The van der Waals surface area contributed by atoms with E-state index in [1.807, 2.05) is 4.90 Å². The van der Waals surface area contributed by atoms with E-state index in [0.717, 1.165) is 38.5 Å². The van der Waals surface area contributed by atoms with Crippen LogP contribution in [0.2, 0.25) is 0 Å². The standard InChI is InChI=1S/C23H41N3O3/c1-7-9-10-19(8-2)23(28)26(14-12-18(5)6)15-21-25-20(16-29-21)22(27)24-13-11-17(3)4/h16-19H,7-15H2,1-6H3,(H,24,27)/t19-/m0/s1. The Morgan fingerprint density at radius 1 is 1.10 bits per heavy atom. The lowest BCUT2D eigenvalue weighted by Crippen LogP contribution is -2.37. The van der Waals surface area contributed by atoms with E-state index in [1.54, 1.807) is 0 Å². The molecule has 1 aromatic rings. The lowest BCUT2D eigenvalue weighted by atomic mass is 9.97. The van der Waals surface area contributed by atoms with Gasteiger partial charge in [0.1, 0.15) is 6.26 Å². The highest BCUT2D eigenvalue weighted by Crippen LogP contribution is 2.19. The van der Waals surface area contributed by atoms with Gasteiger partial charge in [0.2, 0.25) is 11.8 Å². The molecular formula is C23H41N3O3. The van der Waals surface area contributed by atoms with Gasteiger partial charge in [-0.25, -0.2) is 4.98 Å². The normalized spacial score (nSPS) is 12.4. The van der Waals surface area contributed by atoms with E-state index >= 15 is 0 Å². The van der Waals surface area contributed by atoms with Gasteiger partial charge >= 0.3 is 0 Å². The SMILES string of the molecule is CCCC[C@H](CC)C(=O)N(CCC(C)C)Cc1nc(C(=O)NCCC(C)C)co1. The molecule has 0 radical (unpaired) electrons. The molecule has 6 nitrogen and oxygen atoms in total. The maximum absolute atomic E-state index is 13.1. The summed E-state index contributed by atoms with van der Waals surface area (Å²) in [4.78, 5) is 31.5. The van der Waals surface area contributed by atoms with Crippen LogP contribution in [0.5, 0.6) is 0 Å². The number of carbonyl (C=O) groups excluding carboxylic acids is 2. The highest BCUT2D eigenvalue weighted by atomic mass is 16.3. The van der Waals surface area contributed by atoms with Gasteiger partial charge in [0.15, 0.2) is 5.69 Å². The van der Waals surface area contributed by atoms with E-state index in [4.69, 9.17) is 4.42 Å². The summed E-state index contributed by atoms with van der Waals surface area (Å²) in [6, 6.07) is 0. The van der Waals surface area contributed by atoms with Crippen molar-refractivity contribution >= 4 is 11.8 Å². The van der Waals surface area contributed by atoms with Crippen molar-refractivity contribution in [2.45, 2.75) is 86.6 Å². The second kappa shape index (κ2) is 13.4. The molecule has 0 aromatic carbocycles. The lowest BCUT2D eigenvalue weighted by molar-refractivity contribution is -0.137. The molecule has 0 spiro atoms. The van der Waals surface area contributed by atoms with Crippen LogP contribution in [0.3, 0.4) is 0 Å². The number of nitrogens with zero attached hydrogens (tertiary/aromatic N) is 2. The average Bonchev–Trinajstić information content (AvgIpc) is 3.13. The van der Waals surface area contributed by atoms with Gasteiger partial charge in [-0.05, 0) is 37.5 Å². The molecule has 0 aliphatic rings. The summed E-state index contributed by atoms with van der Waals surface area (Å²) in [5, 5.41) is 2.87. The summed E-state index contributed by atoms with van der Waals surface area (Å²) in [5.41, 5.74) is 0.276. The van der Waals surface area contributed by atoms with Gasteiger partial charge in [-0.15, -0.1) is 0 Å². The van der Waals surface area contributed by atoms with Crippen molar-refractivity contribution in [1.29, 1.82) is 0 Å². The van der Waals surface area contributed by atoms with E-state index in [2.05, 4.69) is 51.8 Å². The number of oxazole rings is 1. The zero-order valence-corrected chi connectivity index (χ0v) is 19.3. The molecule has 6 heteroatoms. The molecule has 166 valence electrons. The quantitative estimate of drug-likeness (QED) is 0.469. The Morgan fingerprint density at radius 3 is 2.38 bits per heavy atom. The van der Waals surface area contributed by atoms with Crippen molar-refractivity contribution < 1.29 is 14.0 Å². The molecule has 0 saturated carbocycles. The molecule has 1 N–H and O–H groups in total. The summed E-state index contributed by atoms with van der Waals surface area (Å²) in [6.07, 6.45) is 7.14. The Hall–Kier alpha value is -1.85. The molecule has 29 heavy (non-hydrogen) atoms. The van der Waals surface area contributed by atoms with E-state index in [-0.39, 0.29) is 23.4 Å². The number of aromatic nitrogens is 1. The van der Waals surface area contributed by atoms with Gasteiger partial charge in [-0.1, -0.05) is 54.4 Å². The number of carbonyl (C=O) groups is 2. The zero-order valence-electron chi connectivity index (χ0n) is 19.3. The Kier molecular flexibility index (Phi) is 11.6. The predicted molar refractivity (Wildman–Crippen MR) is 116 cm³/mol. The highest BCUT2D eigenvalue weighted by Gasteiger charge is 2.24. The summed E-state index contributed by atoms with van der Waals surface area (Å²) < 4.78 is 5.53. The van der Waals surface area contributed by atoms with Crippen LogP contribution < -0.4 is 5.32 Å². The van der Waals surface area contributed by atoms with Gasteiger partial charge in [-0.2, -0.15) is 0 Å². The molecule has 1 rings (SSSR count). The molecule has 0 unspecified atom stereocenters. The first-order valence-electron chi connectivity index (χ1n) is 11.3. The van der Waals surface area contributed by atoms with Gasteiger partial charge in [-0.3, -0.25) is 9.59 Å². The minimum absolute atomic E-state index is 0.0378. The van der Waals surface area contributed by atoms with Crippen LogP contribution in [0.25, 0.3) is 0 Å². The molecular weight excluding hydrogens is 366 g/mol. The van der Waals surface area contributed by atoms with Crippen molar-refractivity contribution in [2.75, 3.05) is 13.1 Å². The van der Waals surface area contributed by atoms with Gasteiger partial charge in [0.05, 0.1) is 6.54 Å². The monoisotopic (exact) mass is 407 g/mol. The fourth-order valence-corrected chi connectivity index (χ4v) is 3.11. The van der Waals surface area contributed by atoms with Crippen molar-refractivity contribution in [3.63, 3.8) is 0 Å². The van der Waals surface area contributed by atoms with Crippen LogP contribution in [0.4, 0.5) is 0 Å². The van der Waals surface area contributed by atoms with Crippen molar-refractivity contribution in [3.05, 3.63) is 17.8 Å². The van der Waals surface area contributed by atoms with Gasteiger partial charge in [0.25, 0.3) is 5.91 Å². The minimum atomic E-state index is -0.227. The van der Waals surface area contributed by atoms with Crippen LogP contribution in [-0.4, -0.2) is 34.8 Å². The van der Waals surface area contributed by atoms with Crippen molar-refractivity contribution in [2.24, 2.45) is 17.8 Å². The van der Waals surface area contributed by atoms with Crippen LogP contribution in [-0.2, 0) is 11.3 Å². The van der Waals surface area contributed by atoms with Gasteiger partial charge < -0.3 is 14.6 Å². The van der Waals surface area contributed by atoms with Crippen LogP contribution >= 0.6 is 0 Å². The zero-order chi connectivity index (χ0) is 21.8.